The van der Waals surface area contributed by atoms with E-state index in [0.717, 1.165) is 10.2 Å². The quantitative estimate of drug-likeness (QED) is 0.456. The average molecular weight is 428 g/mol. The van der Waals surface area contributed by atoms with Gasteiger partial charge in [-0.1, -0.05) is 65.9 Å². The number of para-hydroxylation sites is 1. The number of Topliss-reactive ketones (excluding diaryl/α,β-unsaturated/α-hetero) is 1. The fourth-order valence-corrected chi connectivity index (χ4v) is 4.71. The zero-order valence-corrected chi connectivity index (χ0v) is 16.9. The van der Waals surface area contributed by atoms with Crippen molar-refractivity contribution >= 4 is 38.4 Å². The molecule has 3 aromatic carbocycles. The Morgan fingerprint density at radius 3 is 2.29 bits per heavy atom. The number of aromatic nitrogens is 1. The number of anilines is 1. The van der Waals surface area contributed by atoms with Gasteiger partial charge in [0, 0.05) is 5.56 Å². The summed E-state index contributed by atoms with van der Waals surface area (Å²) in [5.41, 5.74) is 1.66. The van der Waals surface area contributed by atoms with E-state index in [4.69, 9.17) is 0 Å². The van der Waals surface area contributed by atoms with E-state index in [-0.39, 0.29) is 11.3 Å². The number of benzene rings is 3. The van der Waals surface area contributed by atoms with E-state index in [1.807, 2.05) is 24.3 Å². The van der Waals surface area contributed by atoms with E-state index in [1.165, 1.54) is 28.4 Å². The van der Waals surface area contributed by atoms with Crippen molar-refractivity contribution in [3.8, 4) is 5.75 Å². The Morgan fingerprint density at radius 1 is 0.903 bits per heavy atom. The number of phenols is 1. The normalized spacial score (nSPS) is 16.3. The van der Waals surface area contributed by atoms with Crippen molar-refractivity contribution < 1.29 is 19.8 Å². The highest BCUT2D eigenvalue weighted by Crippen LogP contribution is 2.44. The van der Waals surface area contributed by atoms with Crippen LogP contribution in [0.15, 0.2) is 90.2 Å². The minimum absolute atomic E-state index is 0.0128. The van der Waals surface area contributed by atoms with E-state index in [1.54, 1.807) is 42.5 Å². The number of ketones is 1. The van der Waals surface area contributed by atoms with Crippen molar-refractivity contribution in [3.05, 3.63) is 101 Å². The molecule has 6 nitrogen and oxygen atoms in total. The first-order valence-corrected chi connectivity index (χ1v) is 10.4. The van der Waals surface area contributed by atoms with Gasteiger partial charge < -0.3 is 10.2 Å². The Kier molecular flexibility index (Phi) is 4.52. The number of hydrogen-bond donors (Lipinski definition) is 2. The van der Waals surface area contributed by atoms with E-state index in [0.29, 0.717) is 16.3 Å². The number of carbonyl (C=O) groups excluding carboxylic acids is 2. The van der Waals surface area contributed by atoms with Crippen molar-refractivity contribution in [2.75, 3.05) is 4.90 Å². The zero-order valence-electron chi connectivity index (χ0n) is 16.1. The number of thiazole rings is 1. The molecule has 7 heteroatoms. The summed E-state index contributed by atoms with van der Waals surface area (Å²) in [7, 11) is 0. The van der Waals surface area contributed by atoms with Gasteiger partial charge in [0.05, 0.1) is 21.8 Å². The fraction of sp³-hybridized carbons (Fsp3) is 0.0417. The summed E-state index contributed by atoms with van der Waals surface area (Å²) in [5, 5.41) is 20.9. The monoisotopic (exact) mass is 428 g/mol. The van der Waals surface area contributed by atoms with Gasteiger partial charge in [0.25, 0.3) is 5.91 Å². The van der Waals surface area contributed by atoms with E-state index < -0.39 is 23.5 Å². The molecular weight excluding hydrogens is 412 g/mol. The van der Waals surface area contributed by atoms with Crippen LogP contribution >= 0.6 is 11.3 Å². The number of nitrogens with zero attached hydrogens (tertiary/aromatic N) is 2. The minimum Gasteiger partial charge on any atom is -0.508 e. The van der Waals surface area contributed by atoms with Crippen molar-refractivity contribution in [3.63, 3.8) is 0 Å². The van der Waals surface area contributed by atoms with E-state index in [9.17, 15) is 19.8 Å². The summed E-state index contributed by atoms with van der Waals surface area (Å²) < 4.78 is 0.886. The molecule has 0 spiro atoms. The lowest BCUT2D eigenvalue weighted by Gasteiger charge is -2.24. The van der Waals surface area contributed by atoms with Crippen LogP contribution < -0.4 is 4.90 Å². The number of hydrogen-bond acceptors (Lipinski definition) is 6. The summed E-state index contributed by atoms with van der Waals surface area (Å²) in [6.07, 6.45) is 0. The molecule has 4 aromatic rings. The topological polar surface area (TPSA) is 90.7 Å². The predicted octanol–water partition coefficient (Wildman–Crippen LogP) is 4.78. The largest absolute Gasteiger partial charge is 0.508 e. The maximum atomic E-state index is 13.3. The Labute approximate surface area is 181 Å². The third-order valence-corrected chi connectivity index (χ3v) is 6.22. The summed E-state index contributed by atoms with van der Waals surface area (Å²) in [4.78, 5) is 32.4. The first-order chi connectivity index (χ1) is 15.0. The molecule has 1 unspecified atom stereocenters. The van der Waals surface area contributed by atoms with Crippen LogP contribution in [-0.4, -0.2) is 26.9 Å². The second-order valence-electron chi connectivity index (χ2n) is 7.09. The molecule has 1 aliphatic rings. The minimum atomic E-state index is -0.874. The molecule has 1 aromatic heterocycles. The van der Waals surface area contributed by atoms with Gasteiger partial charge in [-0.25, -0.2) is 4.98 Å². The van der Waals surface area contributed by atoms with Gasteiger partial charge in [-0.05, 0) is 29.8 Å². The van der Waals surface area contributed by atoms with Crippen LogP contribution in [0.3, 0.4) is 0 Å². The van der Waals surface area contributed by atoms with Gasteiger partial charge in [-0.15, -0.1) is 0 Å². The van der Waals surface area contributed by atoms with Crippen LogP contribution in [0.5, 0.6) is 5.75 Å². The molecule has 31 heavy (non-hydrogen) atoms. The highest BCUT2D eigenvalue weighted by molar-refractivity contribution is 7.22. The molecule has 0 bridgehead atoms. The summed E-state index contributed by atoms with van der Waals surface area (Å²) in [5.74, 6) is -1.65. The van der Waals surface area contributed by atoms with Crippen molar-refractivity contribution in [1.82, 2.24) is 4.98 Å². The average Bonchev–Trinajstić information content (AvgIpc) is 3.33. The number of fused-ring (bicyclic) bond motifs is 1. The lowest BCUT2D eigenvalue weighted by molar-refractivity contribution is -0.117. The van der Waals surface area contributed by atoms with Crippen LogP contribution in [0.25, 0.3) is 10.2 Å². The smallest absolute Gasteiger partial charge is 0.296 e. The van der Waals surface area contributed by atoms with Gasteiger partial charge in [0.1, 0.15) is 5.75 Å². The van der Waals surface area contributed by atoms with Gasteiger partial charge in [0.15, 0.2) is 16.7 Å². The van der Waals surface area contributed by atoms with Gasteiger partial charge in [-0.2, -0.15) is 0 Å². The summed E-state index contributed by atoms with van der Waals surface area (Å²) in [6.45, 7) is 0. The second kappa shape index (κ2) is 7.37. The molecule has 0 radical (unpaired) electrons. The number of aliphatic hydroxyl groups is 1. The first-order valence-electron chi connectivity index (χ1n) is 9.55. The number of phenolic OH excluding ortho intramolecular Hbond substituents is 1. The van der Waals surface area contributed by atoms with E-state index in [2.05, 4.69) is 4.98 Å². The third kappa shape index (κ3) is 3.15. The van der Waals surface area contributed by atoms with Crippen LogP contribution in [0, 0.1) is 0 Å². The Bertz CT molecular complexity index is 1310. The van der Waals surface area contributed by atoms with E-state index >= 15 is 0 Å². The zero-order chi connectivity index (χ0) is 21.5. The van der Waals surface area contributed by atoms with Gasteiger partial charge >= 0.3 is 0 Å². The van der Waals surface area contributed by atoms with Gasteiger partial charge in [0.2, 0.25) is 0 Å². The molecule has 0 saturated carbocycles. The predicted molar refractivity (Wildman–Crippen MR) is 118 cm³/mol. The van der Waals surface area contributed by atoms with Crippen molar-refractivity contribution in [2.24, 2.45) is 0 Å². The Morgan fingerprint density at radius 2 is 1.58 bits per heavy atom. The van der Waals surface area contributed by atoms with Gasteiger partial charge in [-0.3, -0.25) is 14.5 Å². The molecule has 1 atom stereocenters. The molecule has 1 aliphatic heterocycles. The Balaban J connectivity index is 1.68. The molecule has 0 aliphatic carbocycles. The molecule has 2 heterocycles. The van der Waals surface area contributed by atoms with Crippen molar-refractivity contribution in [1.29, 1.82) is 0 Å². The number of aromatic hydroxyl groups is 1. The Hall–Kier alpha value is -3.97. The van der Waals surface area contributed by atoms with Crippen LogP contribution in [0.2, 0.25) is 0 Å². The number of carbonyl (C=O) groups is 2. The SMILES string of the molecule is O=C(C1=C(O)C(=O)N(c2nc3ccccc3s2)C1c1ccc(O)cc1)c1ccccc1. The van der Waals surface area contributed by atoms with Crippen molar-refractivity contribution in [2.45, 2.75) is 6.04 Å². The van der Waals surface area contributed by atoms with Crippen LogP contribution in [0.1, 0.15) is 22.0 Å². The third-order valence-electron chi connectivity index (χ3n) is 5.19. The first kappa shape index (κ1) is 19.0. The maximum absolute atomic E-state index is 13.3. The maximum Gasteiger partial charge on any atom is 0.296 e. The number of amides is 1. The molecule has 2 N–H and O–H groups in total. The second-order valence-corrected chi connectivity index (χ2v) is 8.10. The lowest BCUT2D eigenvalue weighted by atomic mass is 9.93. The summed E-state index contributed by atoms with van der Waals surface area (Å²) >= 11 is 1.31. The van der Waals surface area contributed by atoms with Crippen LogP contribution in [-0.2, 0) is 4.79 Å². The summed E-state index contributed by atoms with van der Waals surface area (Å²) in [6, 6.07) is 21.3. The van der Waals surface area contributed by atoms with Crippen LogP contribution in [0.4, 0.5) is 5.13 Å². The molecule has 0 fully saturated rings. The lowest BCUT2D eigenvalue weighted by Crippen LogP contribution is -2.30. The highest BCUT2D eigenvalue weighted by Gasteiger charge is 2.45. The number of rotatable bonds is 4. The molecular formula is C24H16N2O4S. The molecule has 152 valence electrons. The molecule has 0 saturated heterocycles. The number of aliphatic hydroxyl groups excluding tert-OH is 1. The standard InChI is InChI=1S/C24H16N2O4S/c27-16-12-10-14(11-13-16)20-19(21(28)15-6-2-1-3-7-15)22(29)23(30)26(20)24-25-17-8-4-5-9-18(17)31-24/h1-13,20,27,29H. The molecule has 5 rings (SSSR count). The highest BCUT2D eigenvalue weighted by atomic mass is 32.1. The molecule has 1 amide bonds. The fourth-order valence-electron chi connectivity index (χ4n) is 3.71.